The average Bonchev–Trinajstić information content (AvgIpc) is 3.07. The predicted molar refractivity (Wildman–Crippen MR) is 163 cm³/mol. The van der Waals surface area contributed by atoms with Crippen molar-refractivity contribution in [3.8, 4) is 0 Å². The van der Waals surface area contributed by atoms with Crippen LogP contribution in [0.15, 0.2) is 72.8 Å². The van der Waals surface area contributed by atoms with Crippen LogP contribution < -0.4 is 0 Å². The molecular weight excluding hydrogens is 564 g/mol. The Kier molecular flexibility index (Phi) is 12.6. The highest BCUT2D eigenvalue weighted by Gasteiger charge is 2.33. The molecule has 236 valence electrons. The third-order valence-corrected chi connectivity index (χ3v) is 7.65. The van der Waals surface area contributed by atoms with Gasteiger partial charge in [-0.1, -0.05) is 72.8 Å². The summed E-state index contributed by atoms with van der Waals surface area (Å²) in [4.78, 5) is 39.1. The van der Waals surface area contributed by atoms with Gasteiger partial charge < -0.3 is 29.5 Å². The smallest absolute Gasteiger partial charge is 0.313 e. The molecule has 0 saturated heterocycles. The second-order valence-electron chi connectivity index (χ2n) is 11.5. The van der Waals surface area contributed by atoms with E-state index in [1.807, 2.05) is 0 Å². The summed E-state index contributed by atoms with van der Waals surface area (Å²) in [5.41, 5.74) is 2.97. The first-order valence-electron chi connectivity index (χ1n) is 14.6. The second kappa shape index (κ2) is 16.1. The first-order chi connectivity index (χ1) is 21.0. The van der Waals surface area contributed by atoms with Crippen LogP contribution in [0.25, 0.3) is 0 Å². The van der Waals surface area contributed by atoms with Gasteiger partial charge in [0, 0.05) is 0 Å². The molecule has 0 radical (unpaired) electrons. The predicted octanol–water partition coefficient (Wildman–Crippen LogP) is 4.51. The molecule has 0 aliphatic carbocycles. The zero-order valence-corrected chi connectivity index (χ0v) is 25.7. The Balaban J connectivity index is 1.72. The number of aliphatic hydroxyl groups is 3. The van der Waals surface area contributed by atoms with Crippen LogP contribution in [0, 0.1) is 5.41 Å². The minimum absolute atomic E-state index is 0.157. The zero-order valence-electron chi connectivity index (χ0n) is 25.7. The number of hydrogen-bond acceptors (Lipinski definition) is 9. The molecule has 0 saturated carbocycles. The quantitative estimate of drug-likeness (QED) is 0.168. The number of benzene rings is 3. The minimum Gasteiger partial charge on any atom is -0.464 e. The first kappa shape index (κ1) is 34.4. The molecule has 0 aromatic heterocycles. The number of esters is 3. The van der Waals surface area contributed by atoms with Crippen molar-refractivity contribution in [2.45, 2.75) is 65.3 Å². The molecule has 3 atom stereocenters. The molecule has 0 fully saturated rings. The van der Waals surface area contributed by atoms with E-state index in [0.717, 1.165) is 0 Å². The summed E-state index contributed by atoms with van der Waals surface area (Å²) in [6.45, 7) is 5.73. The fraction of sp³-hybridized carbons (Fsp3) is 0.400. The molecule has 44 heavy (non-hydrogen) atoms. The van der Waals surface area contributed by atoms with Crippen LogP contribution in [0.3, 0.4) is 0 Å². The molecule has 0 aliphatic heterocycles. The highest BCUT2D eigenvalue weighted by atomic mass is 16.6. The number of carbonyl (C=O) groups is 3. The van der Waals surface area contributed by atoms with Gasteiger partial charge in [0.05, 0.1) is 43.0 Å². The van der Waals surface area contributed by atoms with Crippen LogP contribution in [-0.2, 0) is 48.4 Å². The fourth-order valence-corrected chi connectivity index (χ4v) is 4.53. The lowest BCUT2D eigenvalue weighted by Crippen LogP contribution is -2.38. The molecule has 9 heteroatoms. The molecule has 0 amide bonds. The topological polar surface area (TPSA) is 140 Å². The number of aliphatic hydroxyl groups excluding tert-OH is 3. The van der Waals surface area contributed by atoms with Crippen LogP contribution in [0.5, 0.6) is 0 Å². The average molecular weight is 607 g/mol. The van der Waals surface area contributed by atoms with E-state index in [1.165, 1.54) is 0 Å². The highest BCUT2D eigenvalue weighted by molar-refractivity contribution is 5.79. The fourth-order valence-electron chi connectivity index (χ4n) is 4.53. The summed E-state index contributed by atoms with van der Waals surface area (Å²) in [6, 6.07) is 21.0. The molecule has 3 N–H and O–H groups in total. The molecule has 0 spiro atoms. The number of ether oxygens (including phenoxy) is 3. The number of rotatable bonds is 15. The maximum atomic E-state index is 13.0. The van der Waals surface area contributed by atoms with Crippen molar-refractivity contribution in [1.82, 2.24) is 0 Å². The SMILES string of the molecule is CC(C(=O)OCC(C)(COC(=O)C(C)c1cccc(CO)c1)COC(=O)C(C)c1cccc(CO)c1)c1cccc(CO)c1. The summed E-state index contributed by atoms with van der Waals surface area (Å²) in [5, 5.41) is 28.4. The van der Waals surface area contributed by atoms with Gasteiger partial charge in [-0.25, -0.2) is 0 Å². The normalized spacial score (nSPS) is 14.5. The van der Waals surface area contributed by atoms with Crippen molar-refractivity contribution >= 4 is 17.9 Å². The van der Waals surface area contributed by atoms with Gasteiger partial charge in [0.15, 0.2) is 0 Å². The summed E-state index contributed by atoms with van der Waals surface area (Å²) < 4.78 is 17.0. The lowest BCUT2D eigenvalue weighted by Gasteiger charge is -2.29. The zero-order chi connectivity index (χ0) is 32.3. The molecule has 0 bridgehead atoms. The maximum Gasteiger partial charge on any atom is 0.313 e. The Morgan fingerprint density at radius 2 is 0.841 bits per heavy atom. The summed E-state index contributed by atoms with van der Waals surface area (Å²) in [7, 11) is 0. The van der Waals surface area contributed by atoms with Crippen LogP contribution >= 0.6 is 0 Å². The Hall–Kier alpha value is -4.05. The van der Waals surface area contributed by atoms with Crippen molar-refractivity contribution in [3.05, 3.63) is 106 Å². The Labute approximate surface area is 258 Å². The van der Waals surface area contributed by atoms with Gasteiger partial charge in [-0.2, -0.15) is 0 Å². The summed E-state index contributed by atoms with van der Waals surface area (Å²) in [5.74, 6) is -3.46. The second-order valence-corrected chi connectivity index (χ2v) is 11.5. The minimum atomic E-state index is -1.08. The van der Waals surface area contributed by atoms with Crippen molar-refractivity contribution < 1.29 is 43.9 Å². The van der Waals surface area contributed by atoms with Crippen LogP contribution in [-0.4, -0.2) is 53.0 Å². The van der Waals surface area contributed by atoms with E-state index in [9.17, 15) is 29.7 Å². The van der Waals surface area contributed by atoms with Crippen molar-refractivity contribution in [2.24, 2.45) is 5.41 Å². The van der Waals surface area contributed by atoms with Crippen LogP contribution in [0.1, 0.15) is 78.8 Å². The molecule has 9 nitrogen and oxygen atoms in total. The van der Waals surface area contributed by atoms with E-state index >= 15 is 0 Å². The monoisotopic (exact) mass is 606 g/mol. The van der Waals surface area contributed by atoms with Crippen molar-refractivity contribution in [3.63, 3.8) is 0 Å². The molecule has 3 rings (SSSR count). The van der Waals surface area contributed by atoms with Gasteiger partial charge >= 0.3 is 17.9 Å². The Morgan fingerprint density at radius 3 is 1.09 bits per heavy atom. The van der Waals surface area contributed by atoms with E-state index in [4.69, 9.17) is 14.2 Å². The molecular formula is C35H42O9. The lowest BCUT2D eigenvalue weighted by atomic mass is 9.93. The molecule has 0 heterocycles. The third-order valence-electron chi connectivity index (χ3n) is 7.65. The third kappa shape index (κ3) is 9.47. The summed E-state index contributed by atoms with van der Waals surface area (Å²) >= 11 is 0. The molecule has 3 unspecified atom stereocenters. The van der Waals surface area contributed by atoms with E-state index < -0.39 is 41.1 Å². The van der Waals surface area contributed by atoms with Gasteiger partial charge in [0.1, 0.15) is 19.8 Å². The highest BCUT2D eigenvalue weighted by Crippen LogP contribution is 2.26. The standard InChI is InChI=1S/C35H42O9/c1-23(29-11-5-8-26(14-29)17-36)32(39)42-20-35(4,21-43-33(40)24(2)30-12-6-9-27(15-30)18-37)22-44-34(41)25(3)31-13-7-10-28(16-31)19-38/h5-16,23-25,36-38H,17-22H2,1-4H3. The van der Waals surface area contributed by atoms with Gasteiger partial charge in [0.2, 0.25) is 0 Å². The number of carbonyl (C=O) groups excluding carboxylic acids is 3. The van der Waals surface area contributed by atoms with Gasteiger partial charge in [-0.3, -0.25) is 14.4 Å². The van der Waals surface area contributed by atoms with Crippen LogP contribution in [0.2, 0.25) is 0 Å². The van der Waals surface area contributed by atoms with Gasteiger partial charge in [0.25, 0.3) is 0 Å². The molecule has 3 aromatic carbocycles. The Morgan fingerprint density at radius 1 is 0.568 bits per heavy atom. The van der Waals surface area contributed by atoms with Crippen molar-refractivity contribution in [2.75, 3.05) is 19.8 Å². The van der Waals surface area contributed by atoms with E-state index in [1.54, 1.807) is 100 Å². The maximum absolute atomic E-state index is 13.0. The summed E-state index contributed by atoms with van der Waals surface area (Å²) in [6.07, 6.45) is 0. The lowest BCUT2D eigenvalue weighted by molar-refractivity contribution is -0.162. The first-order valence-corrected chi connectivity index (χ1v) is 14.6. The Bertz CT molecular complexity index is 1250. The van der Waals surface area contributed by atoms with E-state index in [2.05, 4.69) is 0 Å². The molecule has 0 aliphatic rings. The largest absolute Gasteiger partial charge is 0.464 e. The van der Waals surface area contributed by atoms with Crippen molar-refractivity contribution in [1.29, 1.82) is 0 Å². The van der Waals surface area contributed by atoms with E-state index in [0.29, 0.717) is 33.4 Å². The van der Waals surface area contributed by atoms with E-state index in [-0.39, 0.29) is 39.6 Å². The number of hydrogen-bond donors (Lipinski definition) is 3. The van der Waals surface area contributed by atoms with Crippen LogP contribution in [0.4, 0.5) is 0 Å². The molecule has 3 aromatic rings. The van der Waals surface area contributed by atoms with Gasteiger partial charge in [-0.05, 0) is 61.1 Å². The van der Waals surface area contributed by atoms with Gasteiger partial charge in [-0.15, -0.1) is 0 Å².